The number of carbonyl (C=O) groups excluding carboxylic acids is 1. The van der Waals surface area contributed by atoms with Crippen LogP contribution < -0.4 is 10.1 Å². The van der Waals surface area contributed by atoms with E-state index in [9.17, 15) is 4.79 Å². The number of nitrogens with one attached hydrogen (secondary N) is 1. The average Bonchev–Trinajstić information content (AvgIpc) is 2.80. The summed E-state index contributed by atoms with van der Waals surface area (Å²) in [5, 5.41) is 3.27. The molecule has 0 atom stereocenters. The average molecular weight is 324 g/mol. The highest BCUT2D eigenvalue weighted by Gasteiger charge is 2.33. The number of nitrogens with zero attached hydrogens (tertiary/aromatic N) is 1. The maximum absolute atomic E-state index is 12.5. The molecule has 1 amide bonds. The molecular formula is C18H16N2O2S. The summed E-state index contributed by atoms with van der Waals surface area (Å²) in [6.07, 6.45) is 0. The van der Waals surface area contributed by atoms with Gasteiger partial charge < -0.3 is 15.0 Å². The Morgan fingerprint density at radius 2 is 1.70 bits per heavy atom. The van der Waals surface area contributed by atoms with Crippen LogP contribution in [0.5, 0.6) is 5.75 Å². The smallest absolute Gasteiger partial charge is 0.261 e. The van der Waals surface area contributed by atoms with Crippen LogP contribution in [0.1, 0.15) is 5.56 Å². The minimum Gasteiger partial charge on any atom is -0.497 e. The van der Waals surface area contributed by atoms with Gasteiger partial charge in [0.15, 0.2) is 0 Å². The summed E-state index contributed by atoms with van der Waals surface area (Å²) in [6, 6.07) is 17.0. The molecule has 0 bridgehead atoms. The highest BCUT2D eigenvalue weighted by atomic mass is 32.1. The van der Waals surface area contributed by atoms with E-state index in [-0.39, 0.29) is 5.91 Å². The van der Waals surface area contributed by atoms with Gasteiger partial charge in [-0.25, -0.2) is 0 Å². The third-order valence-electron chi connectivity index (χ3n) is 3.71. The number of methoxy groups -OCH3 is 1. The Hall–Kier alpha value is -2.66. The van der Waals surface area contributed by atoms with Gasteiger partial charge in [0.05, 0.1) is 18.4 Å². The minimum atomic E-state index is -0.0998. The molecule has 0 unspecified atom stereocenters. The molecule has 1 aliphatic rings. The summed E-state index contributed by atoms with van der Waals surface area (Å²) in [6.45, 7) is 0. The van der Waals surface area contributed by atoms with Crippen LogP contribution in [0, 0.1) is 0 Å². The monoisotopic (exact) mass is 324 g/mol. The second-order valence-electron chi connectivity index (χ2n) is 5.14. The third kappa shape index (κ3) is 2.83. The number of amides is 1. The van der Waals surface area contributed by atoms with Gasteiger partial charge in [-0.05, 0) is 29.8 Å². The summed E-state index contributed by atoms with van der Waals surface area (Å²) < 4.78 is 5.16. The van der Waals surface area contributed by atoms with Crippen LogP contribution in [-0.2, 0) is 4.79 Å². The molecule has 3 rings (SSSR count). The number of benzene rings is 2. The topological polar surface area (TPSA) is 41.6 Å². The van der Waals surface area contributed by atoms with Gasteiger partial charge in [-0.3, -0.25) is 4.79 Å². The van der Waals surface area contributed by atoms with E-state index in [4.69, 9.17) is 17.0 Å². The van der Waals surface area contributed by atoms with Crippen LogP contribution >= 0.6 is 12.2 Å². The van der Waals surface area contributed by atoms with Crippen molar-refractivity contribution in [2.24, 2.45) is 0 Å². The van der Waals surface area contributed by atoms with E-state index in [2.05, 4.69) is 5.32 Å². The van der Waals surface area contributed by atoms with E-state index in [0.29, 0.717) is 16.3 Å². The summed E-state index contributed by atoms with van der Waals surface area (Å²) in [7, 11) is 3.31. The molecule has 2 aromatic rings. The Labute approximate surface area is 140 Å². The minimum absolute atomic E-state index is 0.0998. The van der Waals surface area contributed by atoms with Crippen molar-refractivity contribution < 1.29 is 9.53 Å². The molecule has 0 saturated heterocycles. The number of hydrogen-bond donors (Lipinski definition) is 1. The van der Waals surface area contributed by atoms with Crippen molar-refractivity contribution >= 4 is 34.4 Å². The van der Waals surface area contributed by atoms with Gasteiger partial charge in [0.25, 0.3) is 5.91 Å². The van der Waals surface area contributed by atoms with Crippen LogP contribution in [0.15, 0.2) is 60.3 Å². The number of thiocarbonyl (C=S) groups is 1. The van der Waals surface area contributed by atoms with Gasteiger partial charge in [0.1, 0.15) is 10.7 Å². The van der Waals surface area contributed by atoms with Gasteiger partial charge in [-0.1, -0.05) is 42.5 Å². The second kappa shape index (κ2) is 6.22. The zero-order valence-electron chi connectivity index (χ0n) is 12.9. The van der Waals surface area contributed by atoms with Crippen molar-refractivity contribution in [2.75, 3.05) is 19.5 Å². The number of likely N-dealkylation sites (N-methyl/N-ethyl adjacent to an activating group) is 1. The fourth-order valence-corrected chi connectivity index (χ4v) is 2.68. The van der Waals surface area contributed by atoms with Gasteiger partial charge in [-0.2, -0.15) is 0 Å². The first-order chi connectivity index (χ1) is 11.1. The maximum Gasteiger partial charge on any atom is 0.261 e. The molecule has 4 nitrogen and oxygen atoms in total. The largest absolute Gasteiger partial charge is 0.497 e. The molecule has 0 spiro atoms. The molecule has 0 aliphatic carbocycles. The fraction of sp³-hybridized carbons (Fsp3) is 0.111. The van der Waals surface area contributed by atoms with Crippen LogP contribution in [0.3, 0.4) is 0 Å². The molecule has 1 aliphatic heterocycles. The third-order valence-corrected chi connectivity index (χ3v) is 4.19. The van der Waals surface area contributed by atoms with Crippen molar-refractivity contribution in [3.63, 3.8) is 0 Å². The predicted octanol–water partition coefficient (Wildman–Crippen LogP) is 3.32. The Kier molecular flexibility index (Phi) is 4.12. The summed E-state index contributed by atoms with van der Waals surface area (Å²) in [4.78, 5) is 14.5. The first kappa shape index (κ1) is 15.2. The molecule has 1 heterocycles. The summed E-state index contributed by atoms with van der Waals surface area (Å²) in [5.41, 5.74) is 2.94. The van der Waals surface area contributed by atoms with Crippen LogP contribution in [0.4, 0.5) is 5.69 Å². The number of carbonyl (C=O) groups is 1. The number of hydrogen-bond acceptors (Lipinski definition) is 4. The van der Waals surface area contributed by atoms with E-state index in [0.717, 1.165) is 17.0 Å². The highest BCUT2D eigenvalue weighted by Crippen LogP contribution is 2.30. The molecular weight excluding hydrogens is 308 g/mol. The van der Waals surface area contributed by atoms with Gasteiger partial charge >= 0.3 is 0 Å². The predicted molar refractivity (Wildman–Crippen MR) is 95.3 cm³/mol. The Bertz CT molecular complexity index is 782. The fourth-order valence-electron chi connectivity index (χ4n) is 2.45. The summed E-state index contributed by atoms with van der Waals surface area (Å²) in [5.74, 6) is 0.673. The lowest BCUT2D eigenvalue weighted by Gasteiger charge is -2.12. The number of anilines is 1. The molecule has 1 N–H and O–H groups in total. The summed E-state index contributed by atoms with van der Waals surface area (Å²) >= 11 is 5.43. The molecule has 116 valence electrons. The standard InChI is InChI=1S/C18H16N2O2S/c1-20-17(21)15(12-6-4-3-5-7-12)16(18(20)23)19-13-8-10-14(22-2)11-9-13/h3-11,19H,1-2H3. The molecule has 2 aromatic carbocycles. The van der Waals surface area contributed by atoms with Crippen molar-refractivity contribution in [3.8, 4) is 5.75 Å². The molecule has 0 fully saturated rings. The zero-order valence-corrected chi connectivity index (χ0v) is 13.7. The first-order valence-electron chi connectivity index (χ1n) is 7.15. The van der Waals surface area contributed by atoms with E-state index < -0.39 is 0 Å². The molecule has 5 heteroatoms. The SMILES string of the molecule is COc1ccc(NC2=C(c3ccccc3)C(=O)N(C)C2=S)cc1. The maximum atomic E-state index is 12.5. The Morgan fingerprint density at radius 3 is 2.30 bits per heavy atom. The second-order valence-corrected chi connectivity index (χ2v) is 5.53. The lowest BCUT2D eigenvalue weighted by atomic mass is 10.0. The van der Waals surface area contributed by atoms with Crippen molar-refractivity contribution in [1.29, 1.82) is 0 Å². The van der Waals surface area contributed by atoms with Gasteiger partial charge in [0, 0.05) is 12.7 Å². The normalized spacial score (nSPS) is 14.4. The van der Waals surface area contributed by atoms with Crippen LogP contribution in [0.25, 0.3) is 5.57 Å². The van der Waals surface area contributed by atoms with Gasteiger partial charge in [0.2, 0.25) is 0 Å². The van der Waals surface area contributed by atoms with Crippen LogP contribution in [-0.4, -0.2) is 30.0 Å². The molecule has 0 radical (unpaired) electrons. The number of rotatable bonds is 4. The van der Waals surface area contributed by atoms with Crippen molar-refractivity contribution in [3.05, 3.63) is 65.9 Å². The molecule has 0 saturated carbocycles. The Balaban J connectivity index is 2.02. The lowest BCUT2D eigenvalue weighted by molar-refractivity contribution is -0.120. The quantitative estimate of drug-likeness (QED) is 0.876. The van der Waals surface area contributed by atoms with E-state index in [1.807, 2.05) is 54.6 Å². The van der Waals surface area contributed by atoms with Crippen molar-refractivity contribution in [2.45, 2.75) is 0 Å². The highest BCUT2D eigenvalue weighted by molar-refractivity contribution is 7.80. The van der Waals surface area contributed by atoms with Gasteiger partial charge in [-0.15, -0.1) is 0 Å². The van der Waals surface area contributed by atoms with E-state index in [1.165, 1.54) is 4.90 Å². The first-order valence-corrected chi connectivity index (χ1v) is 7.56. The van der Waals surface area contributed by atoms with Crippen molar-refractivity contribution in [1.82, 2.24) is 4.90 Å². The molecule has 23 heavy (non-hydrogen) atoms. The van der Waals surface area contributed by atoms with E-state index >= 15 is 0 Å². The molecule has 0 aromatic heterocycles. The lowest BCUT2D eigenvalue weighted by Crippen LogP contribution is -2.26. The zero-order chi connectivity index (χ0) is 16.4. The Morgan fingerprint density at radius 1 is 1.04 bits per heavy atom. The van der Waals surface area contributed by atoms with E-state index in [1.54, 1.807) is 14.2 Å². The van der Waals surface area contributed by atoms with Crippen LogP contribution in [0.2, 0.25) is 0 Å². The number of ether oxygens (including phenoxy) is 1.